The van der Waals surface area contributed by atoms with Crippen LogP contribution in [0.1, 0.15) is 51.3 Å². The number of ether oxygens (including phenoxy) is 4. The number of para-hydroxylation sites is 1. The number of rotatable bonds is 11. The Bertz CT molecular complexity index is 1240. The van der Waals surface area contributed by atoms with Gasteiger partial charge in [-0.15, -0.1) is 0 Å². The number of esters is 1. The number of nitrogens with one attached hydrogen (secondary N) is 1. The SMILES string of the molecule is CC(C)OC(=O)[C@H](C)NP(=O)(OC[C@H]1O[C@@H](n2cnc(C(N)=O)c2O)[C@@H]2OC(C)(C)OC21)Oc1ccccc1. The number of benzene rings is 1. The molecule has 214 valence electrons. The molecule has 2 aromatic rings. The van der Waals surface area contributed by atoms with Crippen molar-refractivity contribution in [3.05, 3.63) is 42.4 Å². The highest BCUT2D eigenvalue weighted by Gasteiger charge is 2.57. The Balaban J connectivity index is 1.55. The molecule has 1 aromatic heterocycles. The van der Waals surface area contributed by atoms with Crippen LogP contribution in [0.15, 0.2) is 36.7 Å². The van der Waals surface area contributed by atoms with Crippen LogP contribution in [0, 0.1) is 0 Å². The smallest absolute Gasteiger partial charge is 0.459 e. The molecule has 39 heavy (non-hydrogen) atoms. The monoisotopic (exact) mass is 568 g/mol. The second-order valence-electron chi connectivity index (χ2n) is 9.85. The van der Waals surface area contributed by atoms with Gasteiger partial charge in [0.25, 0.3) is 5.91 Å². The van der Waals surface area contributed by atoms with Gasteiger partial charge in [-0.05, 0) is 46.8 Å². The molecule has 0 saturated carbocycles. The third-order valence-electron chi connectivity index (χ3n) is 5.84. The fourth-order valence-corrected chi connectivity index (χ4v) is 5.74. The van der Waals surface area contributed by atoms with Crippen molar-refractivity contribution in [2.24, 2.45) is 5.73 Å². The zero-order chi connectivity index (χ0) is 28.5. The summed E-state index contributed by atoms with van der Waals surface area (Å²) in [6, 6.07) is 7.27. The maximum absolute atomic E-state index is 13.8. The van der Waals surface area contributed by atoms with Gasteiger partial charge in [0, 0.05) is 0 Å². The van der Waals surface area contributed by atoms with E-state index in [0.29, 0.717) is 0 Å². The quantitative estimate of drug-likeness (QED) is 0.266. The molecule has 2 aliphatic rings. The highest BCUT2D eigenvalue weighted by Crippen LogP contribution is 2.48. The van der Waals surface area contributed by atoms with E-state index in [2.05, 4.69) is 10.1 Å². The number of hydrogen-bond acceptors (Lipinski definition) is 11. The van der Waals surface area contributed by atoms with E-state index in [9.17, 15) is 19.3 Å². The molecule has 0 aliphatic carbocycles. The third-order valence-corrected chi connectivity index (χ3v) is 7.48. The minimum atomic E-state index is -4.18. The van der Waals surface area contributed by atoms with Crippen molar-refractivity contribution in [2.75, 3.05) is 6.61 Å². The number of nitrogens with two attached hydrogens (primary N) is 1. The van der Waals surface area contributed by atoms with Crippen molar-refractivity contribution in [1.29, 1.82) is 0 Å². The number of primary amides is 1. The first kappa shape index (κ1) is 29.0. The van der Waals surface area contributed by atoms with Gasteiger partial charge >= 0.3 is 13.7 Å². The number of hydrogen-bond donors (Lipinski definition) is 3. The molecule has 4 N–H and O–H groups in total. The van der Waals surface area contributed by atoms with Gasteiger partial charge < -0.3 is 34.3 Å². The number of carbonyl (C=O) groups excluding carboxylic acids is 2. The fraction of sp³-hybridized carbons (Fsp3) is 0.542. The molecule has 15 heteroatoms. The summed E-state index contributed by atoms with van der Waals surface area (Å²) in [6.45, 7) is 7.95. The fourth-order valence-electron chi connectivity index (χ4n) is 4.24. The van der Waals surface area contributed by atoms with Crippen LogP contribution >= 0.6 is 7.75 Å². The van der Waals surface area contributed by atoms with Gasteiger partial charge in [0.15, 0.2) is 17.7 Å². The topological polar surface area (TPSA) is 183 Å². The van der Waals surface area contributed by atoms with Crippen LogP contribution in [0.3, 0.4) is 0 Å². The Hall–Kier alpha value is -3.00. The Morgan fingerprint density at radius 1 is 1.21 bits per heavy atom. The first-order valence-corrected chi connectivity index (χ1v) is 13.9. The molecule has 3 heterocycles. The number of nitrogens with zero attached hydrogens (tertiary/aromatic N) is 2. The highest BCUT2D eigenvalue weighted by atomic mass is 31.2. The average molecular weight is 569 g/mol. The average Bonchev–Trinajstić information content (AvgIpc) is 3.48. The van der Waals surface area contributed by atoms with Crippen molar-refractivity contribution in [3.8, 4) is 11.6 Å². The van der Waals surface area contributed by atoms with Crippen LogP contribution in [0.5, 0.6) is 11.6 Å². The molecule has 14 nitrogen and oxygen atoms in total. The number of imidazole rings is 1. The van der Waals surface area contributed by atoms with Crippen molar-refractivity contribution in [2.45, 2.75) is 77.1 Å². The molecule has 0 radical (unpaired) electrons. The molecule has 0 spiro atoms. The molecule has 2 aliphatic heterocycles. The van der Waals surface area contributed by atoms with E-state index < -0.39 is 61.9 Å². The molecule has 2 unspecified atom stereocenters. The van der Waals surface area contributed by atoms with Gasteiger partial charge in [-0.1, -0.05) is 18.2 Å². The maximum Gasteiger partial charge on any atom is 0.459 e. The van der Waals surface area contributed by atoms with Gasteiger partial charge in [0.1, 0.15) is 36.4 Å². The zero-order valence-electron chi connectivity index (χ0n) is 22.2. The van der Waals surface area contributed by atoms with Crippen LogP contribution in [-0.2, 0) is 32.8 Å². The lowest BCUT2D eigenvalue weighted by Gasteiger charge is -2.27. The van der Waals surface area contributed by atoms with E-state index in [1.54, 1.807) is 58.0 Å². The van der Waals surface area contributed by atoms with Crippen molar-refractivity contribution < 1.29 is 47.3 Å². The largest absolute Gasteiger partial charge is 0.493 e. The van der Waals surface area contributed by atoms with Gasteiger partial charge in [-0.2, -0.15) is 5.09 Å². The maximum atomic E-state index is 13.8. The first-order chi connectivity index (χ1) is 18.3. The summed E-state index contributed by atoms with van der Waals surface area (Å²) in [5, 5.41) is 13.1. The lowest BCUT2D eigenvalue weighted by atomic mass is 10.1. The van der Waals surface area contributed by atoms with Gasteiger partial charge in [0.05, 0.1) is 12.7 Å². The van der Waals surface area contributed by atoms with Crippen molar-refractivity contribution >= 4 is 19.6 Å². The summed E-state index contributed by atoms with van der Waals surface area (Å²) >= 11 is 0. The Labute approximate surface area is 225 Å². The Kier molecular flexibility index (Phi) is 8.36. The molecular weight excluding hydrogens is 535 g/mol. The molecule has 1 amide bonds. The Morgan fingerprint density at radius 3 is 2.49 bits per heavy atom. The molecule has 2 fully saturated rings. The highest BCUT2D eigenvalue weighted by molar-refractivity contribution is 7.52. The van der Waals surface area contributed by atoms with Crippen LogP contribution in [-0.4, -0.2) is 69.4 Å². The number of carbonyl (C=O) groups is 2. The predicted octanol–water partition coefficient (Wildman–Crippen LogP) is 2.24. The summed E-state index contributed by atoms with van der Waals surface area (Å²) in [5.41, 5.74) is 4.94. The van der Waals surface area contributed by atoms with Gasteiger partial charge in [-0.25, -0.2) is 9.55 Å². The summed E-state index contributed by atoms with van der Waals surface area (Å²) in [5.74, 6) is -2.84. The molecule has 2 saturated heterocycles. The number of fused-ring (bicyclic) bond motifs is 1. The van der Waals surface area contributed by atoms with E-state index in [-0.39, 0.29) is 24.2 Å². The van der Waals surface area contributed by atoms with Crippen LogP contribution < -0.4 is 15.3 Å². The van der Waals surface area contributed by atoms with E-state index >= 15 is 0 Å². The van der Waals surface area contributed by atoms with Crippen LogP contribution in [0.2, 0.25) is 0 Å². The van der Waals surface area contributed by atoms with Gasteiger partial charge in [0.2, 0.25) is 5.88 Å². The molecule has 0 bridgehead atoms. The lowest BCUT2D eigenvalue weighted by Crippen LogP contribution is -2.38. The zero-order valence-corrected chi connectivity index (χ0v) is 23.1. The first-order valence-electron chi connectivity index (χ1n) is 12.3. The second-order valence-corrected chi connectivity index (χ2v) is 11.5. The number of amides is 1. The van der Waals surface area contributed by atoms with Crippen molar-refractivity contribution in [1.82, 2.24) is 14.6 Å². The standard InChI is InChI=1S/C24H33N4O10P/c1-13(2)34-23(31)14(3)27-39(32,38-15-9-7-6-8-10-15)33-11-16-18-19(37-24(4,5)36-18)22(35-16)28-12-26-17(20(25)29)21(28)30/h6-10,12-14,16,18-19,22,30H,11H2,1-5H3,(H2,25,29)(H,27,32)/t14-,16+,18?,19+,22+,39?/m0/s1. The van der Waals surface area contributed by atoms with E-state index in [1.807, 2.05) is 0 Å². The summed E-state index contributed by atoms with van der Waals surface area (Å²) in [7, 11) is -4.18. The minimum Gasteiger partial charge on any atom is -0.493 e. The number of aromatic nitrogens is 2. The normalized spacial score (nSPS) is 26.1. The molecular formula is C24H33N4O10P. The second kappa shape index (κ2) is 11.2. The summed E-state index contributed by atoms with van der Waals surface area (Å²) in [6.07, 6.45) is -2.51. The molecule has 6 atom stereocenters. The van der Waals surface area contributed by atoms with E-state index in [0.717, 1.165) is 0 Å². The van der Waals surface area contributed by atoms with E-state index in [1.165, 1.54) is 17.8 Å². The minimum absolute atomic E-state index is 0.241. The van der Waals surface area contributed by atoms with Crippen molar-refractivity contribution in [3.63, 3.8) is 0 Å². The van der Waals surface area contributed by atoms with Gasteiger partial charge in [-0.3, -0.25) is 18.7 Å². The molecule has 4 rings (SSSR count). The lowest BCUT2D eigenvalue weighted by molar-refractivity contribution is -0.200. The summed E-state index contributed by atoms with van der Waals surface area (Å²) in [4.78, 5) is 27.8. The summed E-state index contributed by atoms with van der Waals surface area (Å²) < 4.78 is 49.8. The Morgan fingerprint density at radius 2 is 1.87 bits per heavy atom. The van der Waals surface area contributed by atoms with Crippen LogP contribution in [0.4, 0.5) is 0 Å². The number of aromatic hydroxyl groups is 1. The van der Waals surface area contributed by atoms with E-state index in [4.69, 9.17) is 33.7 Å². The molecule has 1 aromatic carbocycles. The van der Waals surface area contributed by atoms with Crippen LogP contribution in [0.25, 0.3) is 0 Å². The third kappa shape index (κ3) is 6.60. The predicted molar refractivity (Wildman–Crippen MR) is 135 cm³/mol.